The van der Waals surface area contributed by atoms with E-state index < -0.39 is 9.84 Å². The van der Waals surface area contributed by atoms with Gasteiger partial charge in [0, 0.05) is 18.8 Å². The van der Waals surface area contributed by atoms with Crippen molar-refractivity contribution >= 4 is 9.84 Å². The molecular weight excluding hydrogens is 314 g/mol. The summed E-state index contributed by atoms with van der Waals surface area (Å²) in [5.74, 6) is 0.0733. The van der Waals surface area contributed by atoms with Crippen LogP contribution in [-0.2, 0) is 34.3 Å². The molecule has 6 nitrogen and oxygen atoms in total. The van der Waals surface area contributed by atoms with Crippen molar-refractivity contribution in [3.05, 3.63) is 71.9 Å². The minimum Gasteiger partial charge on any atom is -0.360 e. The first-order valence-electron chi connectivity index (χ1n) is 7.27. The van der Waals surface area contributed by atoms with E-state index >= 15 is 0 Å². The van der Waals surface area contributed by atoms with Crippen molar-refractivity contribution in [3.8, 4) is 0 Å². The van der Waals surface area contributed by atoms with Crippen LogP contribution in [0.4, 0.5) is 0 Å². The summed E-state index contributed by atoms with van der Waals surface area (Å²) in [7, 11) is -3.32. The Bertz CT molecular complexity index is 840. The number of aromatic nitrogens is 3. The molecule has 2 heterocycles. The summed E-state index contributed by atoms with van der Waals surface area (Å²) >= 11 is 0. The van der Waals surface area contributed by atoms with E-state index in [0.717, 1.165) is 6.42 Å². The Kier molecular flexibility index (Phi) is 4.57. The maximum absolute atomic E-state index is 12.1. The zero-order valence-corrected chi connectivity index (χ0v) is 13.3. The van der Waals surface area contributed by atoms with Crippen molar-refractivity contribution in [2.45, 2.75) is 24.5 Å². The molecule has 0 saturated carbocycles. The highest BCUT2D eigenvalue weighted by molar-refractivity contribution is 7.89. The number of benzene rings is 1. The summed E-state index contributed by atoms with van der Waals surface area (Å²) in [6.07, 6.45) is 4.10. The van der Waals surface area contributed by atoms with Crippen LogP contribution in [0.5, 0.6) is 0 Å². The predicted molar refractivity (Wildman–Crippen MR) is 85.2 cm³/mol. The van der Waals surface area contributed by atoms with Gasteiger partial charge < -0.3 is 4.52 Å². The first-order valence-corrected chi connectivity index (χ1v) is 9.09. The van der Waals surface area contributed by atoms with Crippen LogP contribution in [0.2, 0.25) is 0 Å². The molecule has 23 heavy (non-hydrogen) atoms. The third kappa shape index (κ3) is 4.53. The van der Waals surface area contributed by atoms with Crippen LogP contribution in [0.3, 0.4) is 0 Å². The fraction of sp³-hybridized carbons (Fsp3) is 0.250. The number of sulfone groups is 1. The molecule has 0 aliphatic heterocycles. The molecule has 3 aromatic rings. The van der Waals surface area contributed by atoms with E-state index in [1.54, 1.807) is 16.8 Å². The number of aryl methyl sites for hydroxylation is 2. The monoisotopic (exact) mass is 331 g/mol. The van der Waals surface area contributed by atoms with Crippen LogP contribution in [-0.4, -0.2) is 23.4 Å². The van der Waals surface area contributed by atoms with Crippen molar-refractivity contribution in [2.75, 3.05) is 0 Å². The highest BCUT2D eigenvalue weighted by Gasteiger charge is 2.17. The minimum atomic E-state index is -3.32. The minimum absolute atomic E-state index is 0.105. The van der Waals surface area contributed by atoms with Gasteiger partial charge in [0.15, 0.2) is 15.6 Å². The van der Waals surface area contributed by atoms with Gasteiger partial charge in [-0.1, -0.05) is 35.5 Å². The third-order valence-electron chi connectivity index (χ3n) is 3.39. The topological polar surface area (TPSA) is 78.0 Å². The zero-order chi connectivity index (χ0) is 16.1. The Labute approximate surface area is 134 Å². The van der Waals surface area contributed by atoms with Gasteiger partial charge in [-0.05, 0) is 18.1 Å². The lowest BCUT2D eigenvalue weighted by Crippen LogP contribution is -2.09. The average molecular weight is 331 g/mol. The number of hydrogen-bond acceptors (Lipinski definition) is 5. The van der Waals surface area contributed by atoms with E-state index in [1.807, 2.05) is 24.4 Å². The highest BCUT2D eigenvalue weighted by Crippen LogP contribution is 2.11. The first kappa shape index (κ1) is 15.5. The Balaban J connectivity index is 1.58. The lowest BCUT2D eigenvalue weighted by Gasteiger charge is -2.02. The second-order valence-electron chi connectivity index (χ2n) is 5.32. The van der Waals surface area contributed by atoms with Gasteiger partial charge in [0.05, 0.1) is 17.6 Å². The first-order chi connectivity index (χ1) is 11.1. The second-order valence-corrected chi connectivity index (χ2v) is 7.38. The van der Waals surface area contributed by atoms with Crippen molar-refractivity contribution in [1.29, 1.82) is 0 Å². The quantitative estimate of drug-likeness (QED) is 0.663. The van der Waals surface area contributed by atoms with Gasteiger partial charge in [-0.25, -0.2) is 8.42 Å². The Morgan fingerprint density at radius 2 is 1.87 bits per heavy atom. The Morgan fingerprint density at radius 3 is 2.61 bits per heavy atom. The molecule has 0 bridgehead atoms. The van der Waals surface area contributed by atoms with Crippen LogP contribution in [0.15, 0.2) is 59.4 Å². The molecule has 0 spiro atoms. The van der Waals surface area contributed by atoms with Gasteiger partial charge >= 0.3 is 0 Å². The molecular formula is C16H17N3O3S. The van der Waals surface area contributed by atoms with E-state index in [-0.39, 0.29) is 11.5 Å². The maximum atomic E-state index is 12.1. The molecule has 7 heteroatoms. The van der Waals surface area contributed by atoms with E-state index in [0.29, 0.717) is 18.0 Å². The molecule has 0 aliphatic rings. The van der Waals surface area contributed by atoms with Crippen molar-refractivity contribution < 1.29 is 12.9 Å². The van der Waals surface area contributed by atoms with Gasteiger partial charge in [0.25, 0.3) is 0 Å². The fourth-order valence-corrected chi connectivity index (χ4v) is 3.59. The normalized spacial score (nSPS) is 11.7. The van der Waals surface area contributed by atoms with E-state index in [4.69, 9.17) is 4.52 Å². The summed E-state index contributed by atoms with van der Waals surface area (Å²) in [6, 6.07) is 13.4. The standard InChI is InChI=1S/C16H17N3O3S/c20-23(21,13-16-6-9-17-22-16)12-15-8-11-19(18-15)10-7-14-4-2-1-3-5-14/h1-6,8-9,11H,7,10,12-13H2. The van der Waals surface area contributed by atoms with Crippen molar-refractivity contribution in [1.82, 2.24) is 14.9 Å². The molecule has 0 fully saturated rings. The van der Waals surface area contributed by atoms with E-state index in [2.05, 4.69) is 22.4 Å². The van der Waals surface area contributed by atoms with Crippen molar-refractivity contribution in [3.63, 3.8) is 0 Å². The van der Waals surface area contributed by atoms with Gasteiger partial charge in [-0.3, -0.25) is 4.68 Å². The molecule has 0 saturated heterocycles. The summed E-state index contributed by atoms with van der Waals surface area (Å²) < 4.78 is 30.9. The van der Waals surface area contributed by atoms with Crippen molar-refractivity contribution in [2.24, 2.45) is 0 Å². The lowest BCUT2D eigenvalue weighted by atomic mass is 10.2. The number of rotatable bonds is 7. The highest BCUT2D eigenvalue weighted by atomic mass is 32.2. The molecule has 0 atom stereocenters. The van der Waals surface area contributed by atoms with Gasteiger partial charge in [0.1, 0.15) is 5.75 Å². The summed E-state index contributed by atoms with van der Waals surface area (Å²) in [5, 5.41) is 7.84. The predicted octanol–water partition coefficient (Wildman–Crippen LogP) is 2.23. The van der Waals surface area contributed by atoms with Crippen LogP contribution in [0, 0.1) is 0 Å². The second kappa shape index (κ2) is 6.78. The summed E-state index contributed by atoms with van der Waals surface area (Å²) in [6.45, 7) is 0.714. The lowest BCUT2D eigenvalue weighted by molar-refractivity contribution is 0.392. The van der Waals surface area contributed by atoms with Crippen LogP contribution < -0.4 is 0 Å². The molecule has 3 rings (SSSR count). The van der Waals surface area contributed by atoms with Gasteiger partial charge in [-0.15, -0.1) is 0 Å². The molecule has 0 aliphatic carbocycles. The molecule has 120 valence electrons. The van der Waals surface area contributed by atoms with Crippen LogP contribution >= 0.6 is 0 Å². The largest absolute Gasteiger partial charge is 0.360 e. The molecule has 0 N–H and O–H groups in total. The Morgan fingerprint density at radius 1 is 1.04 bits per heavy atom. The van der Waals surface area contributed by atoms with E-state index in [9.17, 15) is 8.42 Å². The number of nitrogens with zero attached hydrogens (tertiary/aromatic N) is 3. The van der Waals surface area contributed by atoms with Gasteiger partial charge in [0.2, 0.25) is 0 Å². The molecule has 1 aromatic carbocycles. The third-order valence-corrected chi connectivity index (χ3v) is 4.85. The van der Waals surface area contributed by atoms with Crippen LogP contribution in [0.25, 0.3) is 0 Å². The summed E-state index contributed by atoms with van der Waals surface area (Å²) in [5.41, 5.74) is 1.76. The molecule has 0 amide bonds. The van der Waals surface area contributed by atoms with Gasteiger partial charge in [-0.2, -0.15) is 5.10 Å². The molecule has 0 unspecified atom stereocenters. The smallest absolute Gasteiger partial charge is 0.163 e. The zero-order valence-electron chi connectivity index (χ0n) is 12.5. The summed E-state index contributed by atoms with van der Waals surface area (Å²) in [4.78, 5) is 0. The fourth-order valence-electron chi connectivity index (χ4n) is 2.30. The number of hydrogen-bond donors (Lipinski definition) is 0. The SMILES string of the molecule is O=S(=O)(Cc1ccn(CCc2ccccc2)n1)Cc1ccno1. The average Bonchev–Trinajstić information content (AvgIpc) is 3.17. The maximum Gasteiger partial charge on any atom is 0.163 e. The molecule has 2 aromatic heterocycles. The van der Waals surface area contributed by atoms with E-state index in [1.165, 1.54) is 11.8 Å². The van der Waals surface area contributed by atoms with Crippen LogP contribution in [0.1, 0.15) is 17.0 Å². The molecule has 0 radical (unpaired) electrons. The Hall–Kier alpha value is -2.41.